The van der Waals surface area contributed by atoms with Gasteiger partial charge in [-0.25, -0.2) is 0 Å². The summed E-state index contributed by atoms with van der Waals surface area (Å²) in [4.78, 5) is 29.9. The molecule has 1 unspecified atom stereocenters. The van der Waals surface area contributed by atoms with Crippen LogP contribution in [0.4, 0.5) is 11.4 Å². The normalized spacial score (nSPS) is 18.7. The summed E-state index contributed by atoms with van der Waals surface area (Å²) < 4.78 is 0. The van der Waals surface area contributed by atoms with Gasteiger partial charge in [-0.1, -0.05) is 12.1 Å². The smallest absolute Gasteiger partial charge is 0.257 e. The highest BCUT2D eigenvalue weighted by Crippen LogP contribution is 2.35. The molecule has 0 aliphatic carbocycles. The van der Waals surface area contributed by atoms with E-state index in [1.165, 1.54) is 0 Å². The molecule has 0 saturated carbocycles. The second-order valence-electron chi connectivity index (χ2n) is 7.32. The van der Waals surface area contributed by atoms with Crippen molar-refractivity contribution < 1.29 is 9.59 Å². The summed E-state index contributed by atoms with van der Waals surface area (Å²) in [7, 11) is 0. The third-order valence-corrected chi connectivity index (χ3v) is 5.51. The van der Waals surface area contributed by atoms with Crippen molar-refractivity contribution in [2.75, 3.05) is 23.3 Å². The Balaban J connectivity index is 1.66. The second kappa shape index (κ2) is 7.06. The molecule has 27 heavy (non-hydrogen) atoms. The highest BCUT2D eigenvalue weighted by atomic mass is 16.2. The Morgan fingerprint density at radius 3 is 2.81 bits per heavy atom. The Morgan fingerprint density at radius 2 is 2.04 bits per heavy atom. The zero-order valence-corrected chi connectivity index (χ0v) is 15.9. The number of carbonyl (C=O) groups excluding carboxylic acids is 2. The first kappa shape index (κ1) is 17.6. The minimum absolute atomic E-state index is 0.0880. The van der Waals surface area contributed by atoms with Crippen LogP contribution in [-0.2, 0) is 0 Å². The van der Waals surface area contributed by atoms with E-state index in [1.807, 2.05) is 42.2 Å². The van der Waals surface area contributed by atoms with Crippen LogP contribution in [0.5, 0.6) is 0 Å². The van der Waals surface area contributed by atoms with E-state index >= 15 is 0 Å². The molecule has 0 aromatic heterocycles. The molecule has 1 saturated heterocycles. The van der Waals surface area contributed by atoms with Crippen LogP contribution in [0.25, 0.3) is 0 Å². The first-order chi connectivity index (χ1) is 13.1. The average molecular weight is 363 g/mol. The van der Waals surface area contributed by atoms with Gasteiger partial charge in [0.05, 0.1) is 11.3 Å². The van der Waals surface area contributed by atoms with Crippen molar-refractivity contribution in [2.24, 2.45) is 0 Å². The number of piperidine rings is 1. The lowest BCUT2D eigenvalue weighted by Gasteiger charge is -2.47. The van der Waals surface area contributed by atoms with Gasteiger partial charge in [-0.05, 0) is 69.0 Å². The topological polar surface area (TPSA) is 52.7 Å². The maximum absolute atomic E-state index is 12.9. The molecule has 2 heterocycles. The molecule has 4 rings (SSSR count). The van der Waals surface area contributed by atoms with Gasteiger partial charge < -0.3 is 15.1 Å². The molecule has 0 radical (unpaired) electrons. The minimum atomic E-state index is -0.155. The molecule has 140 valence electrons. The predicted molar refractivity (Wildman–Crippen MR) is 107 cm³/mol. The van der Waals surface area contributed by atoms with Crippen molar-refractivity contribution in [1.82, 2.24) is 4.90 Å². The van der Waals surface area contributed by atoms with E-state index in [2.05, 4.69) is 17.1 Å². The van der Waals surface area contributed by atoms with Crippen molar-refractivity contribution in [1.29, 1.82) is 0 Å². The number of rotatable bonds is 3. The van der Waals surface area contributed by atoms with Crippen LogP contribution in [0.1, 0.15) is 52.5 Å². The number of nitrogens with one attached hydrogen (secondary N) is 1. The Labute approximate surface area is 160 Å². The molecule has 0 spiro atoms. The van der Waals surface area contributed by atoms with Gasteiger partial charge in [0.25, 0.3) is 11.8 Å². The van der Waals surface area contributed by atoms with Crippen LogP contribution in [0.2, 0.25) is 0 Å². The largest absolute Gasteiger partial charge is 0.351 e. The van der Waals surface area contributed by atoms with E-state index < -0.39 is 0 Å². The molecule has 1 atom stereocenters. The Morgan fingerprint density at radius 1 is 1.19 bits per heavy atom. The summed E-state index contributed by atoms with van der Waals surface area (Å²) in [6.07, 6.45) is 3.29. The average Bonchev–Trinajstić information content (AvgIpc) is 2.68. The Bertz CT molecular complexity index is 893. The van der Waals surface area contributed by atoms with Crippen molar-refractivity contribution in [3.63, 3.8) is 0 Å². The van der Waals surface area contributed by atoms with Crippen LogP contribution in [0.3, 0.4) is 0 Å². The van der Waals surface area contributed by atoms with Gasteiger partial charge in [0.2, 0.25) is 0 Å². The Kier molecular flexibility index (Phi) is 4.60. The first-order valence-corrected chi connectivity index (χ1v) is 9.68. The van der Waals surface area contributed by atoms with Crippen LogP contribution >= 0.6 is 0 Å². The number of hydrogen-bond acceptors (Lipinski definition) is 3. The van der Waals surface area contributed by atoms with E-state index in [-0.39, 0.29) is 18.0 Å². The van der Waals surface area contributed by atoms with Gasteiger partial charge in [-0.3, -0.25) is 9.59 Å². The third kappa shape index (κ3) is 3.18. The molecule has 5 heteroatoms. The third-order valence-electron chi connectivity index (χ3n) is 5.51. The lowest BCUT2D eigenvalue weighted by Crippen LogP contribution is -2.57. The number of benzene rings is 2. The highest BCUT2D eigenvalue weighted by Gasteiger charge is 2.38. The fraction of sp³-hybridized carbons (Fsp3) is 0.364. The molecule has 1 N–H and O–H groups in total. The number of nitrogens with zero attached hydrogens (tertiary/aromatic N) is 2. The number of fused-ring (bicyclic) bond motifs is 2. The van der Waals surface area contributed by atoms with Gasteiger partial charge in [-0.15, -0.1) is 0 Å². The number of amides is 2. The quantitative estimate of drug-likeness (QED) is 0.895. The molecular weight excluding hydrogens is 338 g/mol. The van der Waals surface area contributed by atoms with Gasteiger partial charge >= 0.3 is 0 Å². The highest BCUT2D eigenvalue weighted by molar-refractivity contribution is 6.08. The van der Waals surface area contributed by atoms with Gasteiger partial charge in [0, 0.05) is 24.3 Å². The Hall–Kier alpha value is -2.82. The summed E-state index contributed by atoms with van der Waals surface area (Å²) >= 11 is 0. The van der Waals surface area contributed by atoms with Crippen molar-refractivity contribution in [2.45, 2.75) is 39.3 Å². The van der Waals surface area contributed by atoms with Crippen molar-refractivity contribution >= 4 is 23.2 Å². The number of hydrogen-bond donors (Lipinski definition) is 1. The summed E-state index contributed by atoms with van der Waals surface area (Å²) in [5.74, 6) is -0.0666. The molecule has 2 aromatic carbocycles. The molecular formula is C22H25N3O2. The second-order valence-corrected chi connectivity index (χ2v) is 7.32. The van der Waals surface area contributed by atoms with Crippen molar-refractivity contribution in [3.05, 3.63) is 59.2 Å². The van der Waals surface area contributed by atoms with E-state index in [0.29, 0.717) is 11.1 Å². The van der Waals surface area contributed by atoms with Crippen LogP contribution in [-0.4, -0.2) is 36.0 Å². The summed E-state index contributed by atoms with van der Waals surface area (Å²) in [5.41, 5.74) is 4.02. The summed E-state index contributed by atoms with van der Waals surface area (Å²) in [5, 5.41) is 2.95. The van der Waals surface area contributed by atoms with E-state index in [0.717, 1.165) is 49.3 Å². The van der Waals surface area contributed by atoms with Gasteiger partial charge in [0.15, 0.2) is 0 Å². The lowest BCUT2D eigenvalue weighted by atomic mass is 9.97. The molecule has 5 nitrogen and oxygen atoms in total. The molecule has 0 bridgehead atoms. The maximum Gasteiger partial charge on any atom is 0.257 e. The molecule has 2 aromatic rings. The fourth-order valence-electron chi connectivity index (χ4n) is 4.19. The van der Waals surface area contributed by atoms with Crippen LogP contribution < -0.4 is 10.2 Å². The van der Waals surface area contributed by atoms with E-state index in [1.54, 1.807) is 12.1 Å². The van der Waals surface area contributed by atoms with Gasteiger partial charge in [0.1, 0.15) is 6.17 Å². The van der Waals surface area contributed by atoms with Crippen LogP contribution in [0.15, 0.2) is 42.5 Å². The number of carbonyl (C=O) groups is 2. The molecule has 2 aliphatic heterocycles. The SMILES string of the molecule is CCN1c2cc(C(=O)Nc3cccc(C)c3)ccc2C(=O)N2CCCCC21. The maximum atomic E-state index is 12.9. The minimum Gasteiger partial charge on any atom is -0.351 e. The monoisotopic (exact) mass is 363 g/mol. The first-order valence-electron chi connectivity index (χ1n) is 9.68. The van der Waals surface area contributed by atoms with Gasteiger partial charge in [-0.2, -0.15) is 0 Å². The summed E-state index contributed by atoms with van der Waals surface area (Å²) in [6, 6.07) is 13.2. The van der Waals surface area contributed by atoms with Crippen LogP contribution in [0, 0.1) is 6.92 Å². The summed E-state index contributed by atoms with van der Waals surface area (Å²) in [6.45, 7) is 5.72. The lowest BCUT2D eigenvalue weighted by molar-refractivity contribution is 0.0582. The predicted octanol–water partition coefficient (Wildman–Crippen LogP) is 4.04. The van der Waals surface area contributed by atoms with E-state index in [9.17, 15) is 9.59 Å². The van der Waals surface area contributed by atoms with E-state index in [4.69, 9.17) is 0 Å². The number of anilines is 2. The standard InChI is InChI=1S/C22H25N3O2/c1-3-24-19-14-16(21(26)23-17-8-6-7-15(2)13-17)10-11-18(19)22(27)25-12-5-4-9-20(24)25/h6-8,10-11,13-14,20H,3-5,9,12H2,1-2H3,(H,23,26). The molecule has 2 amide bonds. The zero-order chi connectivity index (χ0) is 19.0. The van der Waals surface area contributed by atoms with Crippen molar-refractivity contribution in [3.8, 4) is 0 Å². The number of aryl methyl sites for hydroxylation is 1. The molecule has 1 fully saturated rings. The molecule has 2 aliphatic rings. The zero-order valence-electron chi connectivity index (χ0n) is 15.9. The fourth-order valence-corrected chi connectivity index (χ4v) is 4.19.